The summed E-state index contributed by atoms with van der Waals surface area (Å²) >= 11 is 0. The van der Waals surface area contributed by atoms with Crippen LogP contribution in [-0.4, -0.2) is 81.6 Å². The molecule has 2 aliphatic rings. The molecule has 0 radical (unpaired) electrons. The van der Waals surface area contributed by atoms with Crippen LogP contribution in [0.5, 0.6) is 5.88 Å². The van der Waals surface area contributed by atoms with Gasteiger partial charge < -0.3 is 29.7 Å². The fourth-order valence-electron chi connectivity index (χ4n) is 4.18. The molecule has 0 spiro atoms. The number of anilines is 2. The van der Waals surface area contributed by atoms with Crippen molar-refractivity contribution in [3.05, 3.63) is 35.4 Å². The summed E-state index contributed by atoms with van der Waals surface area (Å²) in [7, 11) is 1.63. The average molecular weight is 555 g/mol. The van der Waals surface area contributed by atoms with Gasteiger partial charge >= 0.3 is 18.2 Å². The third-order valence-corrected chi connectivity index (χ3v) is 6.00. The van der Waals surface area contributed by atoms with E-state index in [9.17, 15) is 18.0 Å². The normalized spacial score (nSPS) is 17.1. The highest BCUT2D eigenvalue weighted by Gasteiger charge is 2.38. The van der Waals surface area contributed by atoms with Crippen molar-refractivity contribution in [3.8, 4) is 5.88 Å². The van der Waals surface area contributed by atoms with E-state index in [1.165, 1.54) is 0 Å². The summed E-state index contributed by atoms with van der Waals surface area (Å²) in [4.78, 5) is 38.8. The van der Waals surface area contributed by atoms with Gasteiger partial charge in [0.05, 0.1) is 24.7 Å². The predicted molar refractivity (Wildman–Crippen MR) is 136 cm³/mol. The maximum atomic E-state index is 12.4. The van der Waals surface area contributed by atoms with Crippen LogP contribution in [-0.2, 0) is 22.5 Å². The molecule has 4 heterocycles. The van der Waals surface area contributed by atoms with Crippen molar-refractivity contribution in [2.75, 3.05) is 37.0 Å². The van der Waals surface area contributed by atoms with Gasteiger partial charge in [0.25, 0.3) is 0 Å². The Morgan fingerprint density at radius 3 is 2.44 bits per heavy atom. The van der Waals surface area contributed by atoms with Crippen LogP contribution in [0.2, 0.25) is 0 Å². The summed E-state index contributed by atoms with van der Waals surface area (Å²) in [5.41, 5.74) is 3.74. The summed E-state index contributed by atoms with van der Waals surface area (Å²) in [6.45, 7) is 10.5. The van der Waals surface area contributed by atoms with Crippen molar-refractivity contribution in [2.24, 2.45) is 0 Å². The monoisotopic (exact) mass is 554 g/mol. The van der Waals surface area contributed by atoms with Crippen molar-refractivity contribution < 1.29 is 37.3 Å². The zero-order valence-electron chi connectivity index (χ0n) is 22.5. The fraction of sp³-hybridized carbons (Fsp3) is 0.560. The van der Waals surface area contributed by atoms with Gasteiger partial charge in [-0.3, -0.25) is 0 Å². The number of likely N-dealkylation sites (tertiary alicyclic amines) is 1. The number of carboxylic acid groups (broad SMARTS) is 1. The molecule has 1 amide bonds. The Morgan fingerprint density at radius 2 is 1.85 bits per heavy atom. The van der Waals surface area contributed by atoms with Gasteiger partial charge in [0, 0.05) is 49.8 Å². The highest BCUT2D eigenvalue weighted by atomic mass is 19.4. The molecule has 0 saturated carbocycles. The smallest absolute Gasteiger partial charge is 0.481 e. The third kappa shape index (κ3) is 8.07. The van der Waals surface area contributed by atoms with Crippen molar-refractivity contribution in [1.29, 1.82) is 0 Å². The number of carbonyl (C=O) groups excluding carboxylic acids is 1. The zero-order chi connectivity index (χ0) is 29.0. The number of amides is 1. The minimum atomic E-state index is -5.08. The molecular formula is C25H33F3N6O5. The molecule has 4 rings (SSSR count). The van der Waals surface area contributed by atoms with Gasteiger partial charge in [0.2, 0.25) is 5.88 Å². The van der Waals surface area contributed by atoms with E-state index in [1.807, 2.05) is 33.9 Å². The van der Waals surface area contributed by atoms with Crippen LogP contribution in [0.15, 0.2) is 18.6 Å². The molecule has 11 nitrogen and oxygen atoms in total. The minimum absolute atomic E-state index is 0.127. The van der Waals surface area contributed by atoms with Crippen LogP contribution in [0.3, 0.4) is 0 Å². The van der Waals surface area contributed by atoms with Gasteiger partial charge in [-0.15, -0.1) is 0 Å². The number of nitrogens with one attached hydrogen (secondary N) is 1. The number of nitrogens with zero attached hydrogens (tertiary/aromatic N) is 5. The molecule has 39 heavy (non-hydrogen) atoms. The number of fused-ring (bicyclic) bond motifs is 1. The lowest BCUT2D eigenvalue weighted by Gasteiger charge is -2.31. The van der Waals surface area contributed by atoms with E-state index >= 15 is 0 Å². The van der Waals surface area contributed by atoms with E-state index < -0.39 is 17.7 Å². The van der Waals surface area contributed by atoms with Gasteiger partial charge in [-0.1, -0.05) is 0 Å². The molecule has 0 bridgehead atoms. The molecule has 2 aliphatic heterocycles. The van der Waals surface area contributed by atoms with Crippen LogP contribution in [0.1, 0.15) is 44.0 Å². The van der Waals surface area contributed by atoms with E-state index in [2.05, 4.69) is 31.2 Å². The number of pyridine rings is 1. The van der Waals surface area contributed by atoms with Crippen LogP contribution in [0.25, 0.3) is 0 Å². The molecule has 2 N–H and O–H groups in total. The molecule has 1 saturated heterocycles. The summed E-state index contributed by atoms with van der Waals surface area (Å²) in [6.07, 6.45) is -0.185. The summed E-state index contributed by atoms with van der Waals surface area (Å²) in [6, 6.07) is 2.23. The SMILES string of the molecule is COc1ncc(N2CCc3ncnc(N[C@H]4CCN(C(=O)OC(C)(C)C)C4)c3C2)cc1C.O=C(O)C(F)(F)F. The first-order chi connectivity index (χ1) is 18.2. The van der Waals surface area contributed by atoms with Crippen molar-refractivity contribution >= 4 is 23.6 Å². The average Bonchev–Trinajstić information content (AvgIpc) is 3.31. The lowest BCUT2D eigenvalue weighted by Crippen LogP contribution is -2.37. The quantitative estimate of drug-likeness (QED) is 0.576. The molecule has 1 fully saturated rings. The number of carboxylic acids is 1. The number of ether oxygens (including phenoxy) is 2. The number of methoxy groups -OCH3 is 1. The van der Waals surface area contributed by atoms with E-state index in [4.69, 9.17) is 19.4 Å². The number of aliphatic carboxylic acids is 1. The van der Waals surface area contributed by atoms with E-state index in [0.717, 1.165) is 47.7 Å². The van der Waals surface area contributed by atoms with Gasteiger partial charge in [-0.2, -0.15) is 13.2 Å². The number of aromatic nitrogens is 3. The Labute approximate surface area is 224 Å². The highest BCUT2D eigenvalue weighted by Crippen LogP contribution is 2.30. The summed E-state index contributed by atoms with van der Waals surface area (Å²) in [5, 5.41) is 10.7. The lowest BCUT2D eigenvalue weighted by atomic mass is 10.0. The Hall–Kier alpha value is -3.84. The highest BCUT2D eigenvalue weighted by molar-refractivity contribution is 5.73. The molecule has 2 aromatic rings. The first-order valence-corrected chi connectivity index (χ1v) is 12.3. The van der Waals surface area contributed by atoms with E-state index in [0.29, 0.717) is 25.5 Å². The second-order valence-electron chi connectivity index (χ2n) is 10.2. The number of halogens is 3. The maximum absolute atomic E-state index is 12.4. The maximum Gasteiger partial charge on any atom is 0.490 e. The Balaban J connectivity index is 0.000000532. The van der Waals surface area contributed by atoms with Gasteiger partial charge in [-0.25, -0.2) is 24.5 Å². The van der Waals surface area contributed by atoms with Crippen LogP contribution in [0, 0.1) is 6.92 Å². The first kappa shape index (κ1) is 29.7. The molecule has 1 atom stereocenters. The van der Waals surface area contributed by atoms with Crippen molar-refractivity contribution in [3.63, 3.8) is 0 Å². The molecule has 0 aliphatic carbocycles. The van der Waals surface area contributed by atoms with Gasteiger partial charge in [-0.05, 0) is 40.2 Å². The molecular weight excluding hydrogens is 521 g/mol. The molecule has 0 aromatic carbocycles. The van der Waals surface area contributed by atoms with Gasteiger partial charge in [0.1, 0.15) is 17.7 Å². The number of aryl methyl sites for hydroxylation is 1. The molecule has 0 unspecified atom stereocenters. The molecule has 214 valence electrons. The zero-order valence-corrected chi connectivity index (χ0v) is 22.5. The van der Waals surface area contributed by atoms with Crippen molar-refractivity contribution in [1.82, 2.24) is 19.9 Å². The number of hydrogen-bond donors (Lipinski definition) is 2. The number of alkyl halides is 3. The molecule has 14 heteroatoms. The third-order valence-electron chi connectivity index (χ3n) is 6.00. The largest absolute Gasteiger partial charge is 0.490 e. The van der Waals surface area contributed by atoms with Gasteiger partial charge in [0.15, 0.2) is 0 Å². The second kappa shape index (κ2) is 11.9. The summed E-state index contributed by atoms with van der Waals surface area (Å²) < 4.78 is 42.5. The van der Waals surface area contributed by atoms with E-state index in [1.54, 1.807) is 18.3 Å². The summed E-state index contributed by atoms with van der Waals surface area (Å²) in [5.74, 6) is -1.27. The van der Waals surface area contributed by atoms with Crippen LogP contribution >= 0.6 is 0 Å². The van der Waals surface area contributed by atoms with Crippen LogP contribution in [0.4, 0.5) is 29.5 Å². The predicted octanol–water partition coefficient (Wildman–Crippen LogP) is 3.81. The van der Waals surface area contributed by atoms with Crippen molar-refractivity contribution in [2.45, 2.75) is 64.9 Å². The first-order valence-electron chi connectivity index (χ1n) is 12.3. The second-order valence-corrected chi connectivity index (χ2v) is 10.2. The Bertz CT molecular complexity index is 1190. The topological polar surface area (TPSA) is 130 Å². The Morgan fingerprint density at radius 1 is 1.15 bits per heavy atom. The Kier molecular flexibility index (Phi) is 9.07. The lowest BCUT2D eigenvalue weighted by molar-refractivity contribution is -0.192. The standard InChI is InChI=1S/C23H32N6O3.C2HF3O2/c1-15-10-17(11-24-21(15)31-5)28-9-7-19-18(13-28)20(26-14-25-19)27-16-6-8-29(12-16)22(30)32-23(2,3)4;3-2(4,5)1(6)7/h10-11,14,16H,6-9,12-13H2,1-5H3,(H,25,26,27);(H,6,7)/t16-;/m0./s1. The fourth-order valence-corrected chi connectivity index (χ4v) is 4.18. The minimum Gasteiger partial charge on any atom is -0.481 e. The number of hydrogen-bond acceptors (Lipinski definition) is 9. The number of carbonyl (C=O) groups is 2. The van der Waals surface area contributed by atoms with Crippen LogP contribution < -0.4 is 15.0 Å². The molecule has 2 aromatic heterocycles. The number of rotatable bonds is 4. The van der Waals surface area contributed by atoms with E-state index in [-0.39, 0.29) is 12.1 Å².